The van der Waals surface area contributed by atoms with Crippen molar-refractivity contribution in [2.45, 2.75) is 70.6 Å². The van der Waals surface area contributed by atoms with Crippen LogP contribution in [0.3, 0.4) is 0 Å². The zero-order chi connectivity index (χ0) is 17.5. The minimum atomic E-state index is 0.617. The van der Waals surface area contributed by atoms with E-state index in [1.54, 1.807) is 6.33 Å². The Hall–Kier alpha value is -1.95. The second-order valence-electron chi connectivity index (χ2n) is 8.11. The molecule has 0 spiro atoms. The molecule has 4 heterocycles. The topological polar surface area (TPSA) is 50.1 Å². The molecule has 1 saturated heterocycles. The molecule has 1 saturated carbocycles. The molecule has 3 aliphatic rings. The molecule has 0 radical (unpaired) electrons. The molecule has 5 rings (SSSR count). The lowest BCUT2D eigenvalue weighted by Crippen LogP contribution is -2.46. The molecule has 0 N–H and O–H groups in total. The molecule has 0 unspecified atom stereocenters. The van der Waals surface area contributed by atoms with Gasteiger partial charge in [0, 0.05) is 61.3 Å². The standard InChI is InChI=1S/C20H28N6/c1-15-11-20(22-14-21-15)26(17-4-5-17)18-6-9-24(10-7-18)13-16-12-23-25-8-2-3-19(16)25/h11-12,14,17-18H,2-10,13H2,1H3. The summed E-state index contributed by atoms with van der Waals surface area (Å²) in [6.07, 6.45) is 11.3. The predicted octanol–water partition coefficient (Wildman–Crippen LogP) is 2.56. The van der Waals surface area contributed by atoms with Crippen molar-refractivity contribution >= 4 is 5.82 Å². The van der Waals surface area contributed by atoms with Crippen LogP contribution in [-0.4, -0.2) is 49.8 Å². The number of aryl methyl sites for hydroxylation is 2. The lowest BCUT2D eigenvalue weighted by molar-refractivity contribution is 0.200. The van der Waals surface area contributed by atoms with Crippen LogP contribution in [0.15, 0.2) is 18.6 Å². The second-order valence-corrected chi connectivity index (χ2v) is 8.11. The first-order valence-electron chi connectivity index (χ1n) is 10.1. The second kappa shape index (κ2) is 6.65. The highest BCUT2D eigenvalue weighted by Crippen LogP contribution is 2.35. The number of likely N-dealkylation sites (tertiary alicyclic amines) is 1. The van der Waals surface area contributed by atoms with Crippen molar-refractivity contribution in [3.05, 3.63) is 35.5 Å². The van der Waals surface area contributed by atoms with E-state index in [1.807, 2.05) is 0 Å². The van der Waals surface area contributed by atoms with Crippen LogP contribution in [0.25, 0.3) is 0 Å². The van der Waals surface area contributed by atoms with Gasteiger partial charge in [-0.1, -0.05) is 0 Å². The number of rotatable bonds is 5. The van der Waals surface area contributed by atoms with Crippen LogP contribution >= 0.6 is 0 Å². The molecule has 0 aromatic carbocycles. The Labute approximate surface area is 155 Å². The Balaban J connectivity index is 1.24. The molecule has 0 bridgehead atoms. The fourth-order valence-corrected chi connectivity index (χ4v) is 4.66. The smallest absolute Gasteiger partial charge is 0.132 e. The van der Waals surface area contributed by atoms with E-state index in [0.29, 0.717) is 12.1 Å². The van der Waals surface area contributed by atoms with Gasteiger partial charge < -0.3 is 4.90 Å². The molecule has 6 heteroatoms. The van der Waals surface area contributed by atoms with Gasteiger partial charge in [0.2, 0.25) is 0 Å². The lowest BCUT2D eigenvalue weighted by atomic mass is 10.0. The van der Waals surface area contributed by atoms with Gasteiger partial charge in [0.05, 0.1) is 6.20 Å². The highest BCUT2D eigenvalue weighted by molar-refractivity contribution is 5.43. The maximum Gasteiger partial charge on any atom is 0.132 e. The summed E-state index contributed by atoms with van der Waals surface area (Å²) in [6.45, 7) is 6.57. The number of piperidine rings is 1. The van der Waals surface area contributed by atoms with Crippen molar-refractivity contribution in [1.82, 2.24) is 24.6 Å². The fraction of sp³-hybridized carbons (Fsp3) is 0.650. The summed E-state index contributed by atoms with van der Waals surface area (Å²) in [6, 6.07) is 3.46. The summed E-state index contributed by atoms with van der Waals surface area (Å²) in [5.74, 6) is 1.13. The Morgan fingerprint density at radius 2 is 1.88 bits per heavy atom. The van der Waals surface area contributed by atoms with Crippen LogP contribution in [-0.2, 0) is 19.5 Å². The molecule has 26 heavy (non-hydrogen) atoms. The number of aromatic nitrogens is 4. The highest BCUT2D eigenvalue weighted by Gasteiger charge is 2.36. The van der Waals surface area contributed by atoms with E-state index in [9.17, 15) is 0 Å². The molecule has 2 aliphatic heterocycles. The van der Waals surface area contributed by atoms with Crippen LogP contribution < -0.4 is 4.90 Å². The van der Waals surface area contributed by atoms with Gasteiger partial charge in [-0.2, -0.15) is 5.10 Å². The van der Waals surface area contributed by atoms with Crippen molar-refractivity contribution in [3.8, 4) is 0 Å². The van der Waals surface area contributed by atoms with Gasteiger partial charge >= 0.3 is 0 Å². The summed E-state index contributed by atoms with van der Waals surface area (Å²) in [4.78, 5) is 14.1. The largest absolute Gasteiger partial charge is 0.350 e. The first-order valence-corrected chi connectivity index (χ1v) is 10.1. The predicted molar refractivity (Wildman–Crippen MR) is 101 cm³/mol. The maximum atomic E-state index is 4.59. The van der Waals surface area contributed by atoms with Crippen molar-refractivity contribution in [1.29, 1.82) is 0 Å². The third-order valence-corrected chi connectivity index (χ3v) is 6.16. The fourth-order valence-electron chi connectivity index (χ4n) is 4.66. The van der Waals surface area contributed by atoms with E-state index in [2.05, 4.69) is 48.7 Å². The molecule has 2 fully saturated rings. The van der Waals surface area contributed by atoms with Crippen LogP contribution in [0.5, 0.6) is 0 Å². The Morgan fingerprint density at radius 1 is 1.08 bits per heavy atom. The maximum absolute atomic E-state index is 4.59. The zero-order valence-corrected chi connectivity index (χ0v) is 15.6. The minimum Gasteiger partial charge on any atom is -0.350 e. The van der Waals surface area contributed by atoms with E-state index in [0.717, 1.165) is 24.6 Å². The molecule has 0 atom stereocenters. The van der Waals surface area contributed by atoms with Gasteiger partial charge in [-0.25, -0.2) is 9.97 Å². The summed E-state index contributed by atoms with van der Waals surface area (Å²) < 4.78 is 2.20. The molecular weight excluding hydrogens is 324 g/mol. The quantitative estimate of drug-likeness (QED) is 0.828. The van der Waals surface area contributed by atoms with Crippen molar-refractivity contribution in [2.75, 3.05) is 18.0 Å². The van der Waals surface area contributed by atoms with Gasteiger partial charge in [0.1, 0.15) is 12.1 Å². The normalized spacial score (nSPS) is 21.1. The van der Waals surface area contributed by atoms with E-state index >= 15 is 0 Å². The highest BCUT2D eigenvalue weighted by atomic mass is 15.3. The van der Waals surface area contributed by atoms with E-state index in [4.69, 9.17) is 0 Å². The Bertz CT molecular complexity index is 772. The number of nitrogens with zero attached hydrogens (tertiary/aromatic N) is 6. The summed E-state index contributed by atoms with van der Waals surface area (Å²) in [7, 11) is 0. The molecule has 2 aromatic rings. The van der Waals surface area contributed by atoms with E-state index < -0.39 is 0 Å². The van der Waals surface area contributed by atoms with Crippen molar-refractivity contribution in [3.63, 3.8) is 0 Å². The molecule has 138 valence electrons. The lowest BCUT2D eigenvalue weighted by Gasteiger charge is -2.39. The van der Waals surface area contributed by atoms with Gasteiger partial charge in [-0.05, 0) is 45.4 Å². The third kappa shape index (κ3) is 3.11. The number of fused-ring (bicyclic) bond motifs is 1. The monoisotopic (exact) mass is 352 g/mol. The Kier molecular flexibility index (Phi) is 4.15. The molecule has 0 amide bonds. The average Bonchev–Trinajstić information content (AvgIpc) is 3.23. The van der Waals surface area contributed by atoms with Gasteiger partial charge in [-0.15, -0.1) is 0 Å². The van der Waals surface area contributed by atoms with E-state index in [1.165, 1.54) is 62.9 Å². The van der Waals surface area contributed by atoms with Gasteiger partial charge in [-0.3, -0.25) is 9.58 Å². The van der Waals surface area contributed by atoms with Gasteiger partial charge in [0.25, 0.3) is 0 Å². The van der Waals surface area contributed by atoms with Gasteiger partial charge in [0.15, 0.2) is 0 Å². The van der Waals surface area contributed by atoms with Crippen LogP contribution in [0.4, 0.5) is 5.82 Å². The SMILES string of the molecule is Cc1cc(N(C2CC2)C2CCN(Cc3cnn4c3CCC4)CC2)ncn1. The first-order chi connectivity index (χ1) is 12.8. The molecular formula is C20H28N6. The van der Waals surface area contributed by atoms with Crippen molar-refractivity contribution < 1.29 is 0 Å². The third-order valence-electron chi connectivity index (χ3n) is 6.16. The van der Waals surface area contributed by atoms with Crippen LogP contribution in [0, 0.1) is 6.92 Å². The number of hydrogen-bond acceptors (Lipinski definition) is 5. The molecule has 1 aliphatic carbocycles. The zero-order valence-electron chi connectivity index (χ0n) is 15.6. The molecule has 2 aromatic heterocycles. The number of hydrogen-bond donors (Lipinski definition) is 0. The van der Waals surface area contributed by atoms with Crippen molar-refractivity contribution in [2.24, 2.45) is 0 Å². The summed E-state index contributed by atoms with van der Waals surface area (Å²) in [5, 5.41) is 4.55. The first kappa shape index (κ1) is 16.2. The summed E-state index contributed by atoms with van der Waals surface area (Å²) in [5.41, 5.74) is 3.99. The van der Waals surface area contributed by atoms with E-state index in [-0.39, 0.29) is 0 Å². The Morgan fingerprint density at radius 3 is 2.65 bits per heavy atom. The molecule has 6 nitrogen and oxygen atoms in total. The summed E-state index contributed by atoms with van der Waals surface area (Å²) >= 11 is 0. The number of anilines is 1. The average molecular weight is 352 g/mol. The van der Waals surface area contributed by atoms with Crippen LogP contribution in [0.2, 0.25) is 0 Å². The van der Waals surface area contributed by atoms with Crippen LogP contribution in [0.1, 0.15) is 49.1 Å². The minimum absolute atomic E-state index is 0.617.